The van der Waals surface area contributed by atoms with E-state index in [0.29, 0.717) is 21.8 Å². The summed E-state index contributed by atoms with van der Waals surface area (Å²) >= 11 is 2.63. The van der Waals surface area contributed by atoms with Crippen LogP contribution in [-0.4, -0.2) is 39.0 Å². The minimum absolute atomic E-state index is 0.0198. The van der Waals surface area contributed by atoms with E-state index in [9.17, 15) is 4.79 Å². The van der Waals surface area contributed by atoms with Crippen molar-refractivity contribution in [1.82, 2.24) is 20.3 Å². The summed E-state index contributed by atoms with van der Waals surface area (Å²) in [7, 11) is 1.78. The van der Waals surface area contributed by atoms with Crippen molar-refractivity contribution in [3.63, 3.8) is 0 Å². The monoisotopic (exact) mass is 339 g/mol. The van der Waals surface area contributed by atoms with Gasteiger partial charge in [-0.25, -0.2) is 0 Å². The summed E-state index contributed by atoms with van der Waals surface area (Å²) in [5, 5.41) is 12.2. The Morgan fingerprint density at radius 2 is 2.23 bits per heavy atom. The number of anilines is 1. The van der Waals surface area contributed by atoms with E-state index in [0.717, 1.165) is 37.1 Å². The molecule has 1 amide bonds. The maximum Gasteiger partial charge on any atom is 0.233 e. The lowest BCUT2D eigenvalue weighted by atomic mass is 9.96. The Balaban J connectivity index is 1.56. The lowest BCUT2D eigenvalue weighted by molar-refractivity contribution is -0.127. The minimum Gasteiger partial charge on any atom is -0.374 e. The normalized spacial score (nSPS) is 13.9. The molecule has 22 heavy (non-hydrogen) atoms. The van der Waals surface area contributed by atoms with Gasteiger partial charge in [0.05, 0.1) is 12.3 Å². The summed E-state index contributed by atoms with van der Waals surface area (Å²) in [6, 6.07) is 0. The maximum atomic E-state index is 12.2. The second-order valence-electron chi connectivity index (χ2n) is 5.18. The Hall–Kier alpha value is -1.61. The first kappa shape index (κ1) is 15.3. The van der Waals surface area contributed by atoms with Gasteiger partial charge in [-0.2, -0.15) is 0 Å². The summed E-state index contributed by atoms with van der Waals surface area (Å²) in [6.07, 6.45) is 4.26. The van der Waals surface area contributed by atoms with Gasteiger partial charge < -0.3 is 15.2 Å². The average Bonchev–Trinajstić information content (AvgIpc) is 3.12. The molecule has 0 saturated carbocycles. The first-order chi connectivity index (χ1) is 10.6. The summed E-state index contributed by atoms with van der Waals surface area (Å²) in [6.45, 7) is 0.483. The molecule has 2 N–H and O–H groups in total. The van der Waals surface area contributed by atoms with Crippen molar-refractivity contribution in [1.29, 1.82) is 0 Å². The Labute approximate surface area is 136 Å². The molecule has 0 bridgehead atoms. The van der Waals surface area contributed by atoms with E-state index in [1.54, 1.807) is 11.9 Å². The smallest absolute Gasteiger partial charge is 0.233 e. The average molecular weight is 339 g/mol. The summed E-state index contributed by atoms with van der Waals surface area (Å²) in [5.74, 6) is 1.32. The molecule has 9 heteroatoms. The zero-order chi connectivity index (χ0) is 15.5. The van der Waals surface area contributed by atoms with Gasteiger partial charge in [0, 0.05) is 19.0 Å². The van der Waals surface area contributed by atoms with E-state index in [4.69, 9.17) is 10.3 Å². The molecule has 7 nitrogen and oxygen atoms in total. The van der Waals surface area contributed by atoms with Crippen LogP contribution in [0.3, 0.4) is 0 Å². The molecular weight excluding hydrogens is 322 g/mol. The first-order valence-electron chi connectivity index (χ1n) is 7.05. The van der Waals surface area contributed by atoms with Crippen LogP contribution in [0, 0.1) is 0 Å². The van der Waals surface area contributed by atoms with E-state index in [-0.39, 0.29) is 5.91 Å². The highest BCUT2D eigenvalue weighted by molar-refractivity contribution is 8.01. The van der Waals surface area contributed by atoms with Crippen LogP contribution in [0.15, 0.2) is 8.86 Å². The number of nitrogens with two attached hydrogens (primary N) is 1. The summed E-state index contributed by atoms with van der Waals surface area (Å²) in [4.78, 5) is 13.9. The molecule has 0 fully saturated rings. The number of fused-ring (bicyclic) bond motifs is 1. The van der Waals surface area contributed by atoms with Crippen LogP contribution < -0.4 is 5.73 Å². The van der Waals surface area contributed by atoms with Crippen molar-refractivity contribution in [2.24, 2.45) is 0 Å². The van der Waals surface area contributed by atoms with Gasteiger partial charge in [0.25, 0.3) is 0 Å². The third kappa shape index (κ3) is 3.41. The van der Waals surface area contributed by atoms with Gasteiger partial charge in [-0.1, -0.05) is 28.3 Å². The molecule has 2 aromatic heterocycles. The molecule has 1 aliphatic rings. The van der Waals surface area contributed by atoms with Gasteiger partial charge in [0.15, 0.2) is 4.34 Å². The van der Waals surface area contributed by atoms with Gasteiger partial charge in [-0.3, -0.25) is 4.79 Å². The van der Waals surface area contributed by atoms with Crippen LogP contribution in [0.5, 0.6) is 0 Å². The second-order valence-corrected chi connectivity index (χ2v) is 7.41. The van der Waals surface area contributed by atoms with E-state index >= 15 is 0 Å². The molecule has 2 heterocycles. The van der Waals surface area contributed by atoms with Gasteiger partial charge in [-0.05, 0) is 19.3 Å². The number of aromatic nitrogens is 3. The SMILES string of the molecule is CN(Cc1noc2c1CCCC2)C(=O)CSc1nnc(N)s1. The quantitative estimate of drug-likeness (QED) is 0.828. The first-order valence-corrected chi connectivity index (χ1v) is 8.85. The number of hydrogen-bond donors (Lipinski definition) is 1. The van der Waals surface area contributed by atoms with E-state index < -0.39 is 0 Å². The zero-order valence-electron chi connectivity index (χ0n) is 12.2. The lowest BCUT2D eigenvalue weighted by Gasteiger charge is -2.16. The molecule has 3 rings (SSSR count). The third-order valence-corrected chi connectivity index (χ3v) is 5.46. The second kappa shape index (κ2) is 6.66. The maximum absolute atomic E-state index is 12.2. The van der Waals surface area contributed by atoms with E-state index in [1.165, 1.54) is 28.7 Å². The standard InChI is InChI=1S/C13H17N5O2S2/c1-18(11(19)7-21-13-16-15-12(14)22-13)6-9-8-4-2-3-5-10(8)20-17-9/h2-7H2,1H3,(H2,14,15). The summed E-state index contributed by atoms with van der Waals surface area (Å²) < 4.78 is 6.08. The Bertz CT molecular complexity index is 669. The largest absolute Gasteiger partial charge is 0.374 e. The van der Waals surface area contributed by atoms with Crippen LogP contribution in [0.4, 0.5) is 5.13 Å². The molecular formula is C13H17N5O2S2. The van der Waals surface area contributed by atoms with E-state index in [2.05, 4.69) is 15.4 Å². The van der Waals surface area contributed by atoms with Crippen molar-refractivity contribution in [2.45, 2.75) is 36.6 Å². The van der Waals surface area contributed by atoms with Crippen molar-refractivity contribution in [3.05, 3.63) is 17.0 Å². The lowest BCUT2D eigenvalue weighted by Crippen LogP contribution is -2.28. The number of amides is 1. The molecule has 118 valence electrons. The number of rotatable bonds is 5. The zero-order valence-corrected chi connectivity index (χ0v) is 13.9. The molecule has 0 spiro atoms. The minimum atomic E-state index is 0.0198. The van der Waals surface area contributed by atoms with Crippen molar-refractivity contribution < 1.29 is 9.32 Å². The number of nitrogen functional groups attached to an aromatic ring is 1. The van der Waals surface area contributed by atoms with Crippen molar-refractivity contribution >= 4 is 34.1 Å². The van der Waals surface area contributed by atoms with Gasteiger partial charge in [0.2, 0.25) is 11.0 Å². The van der Waals surface area contributed by atoms with Crippen molar-refractivity contribution in [2.75, 3.05) is 18.5 Å². The Kier molecular flexibility index (Phi) is 4.63. The highest BCUT2D eigenvalue weighted by Crippen LogP contribution is 2.26. The molecule has 1 aliphatic carbocycles. The van der Waals surface area contributed by atoms with Crippen molar-refractivity contribution in [3.8, 4) is 0 Å². The molecule has 2 aromatic rings. The highest BCUT2D eigenvalue weighted by atomic mass is 32.2. The predicted molar refractivity (Wildman–Crippen MR) is 84.7 cm³/mol. The fourth-order valence-corrected chi connectivity index (χ4v) is 3.98. The van der Waals surface area contributed by atoms with Gasteiger partial charge >= 0.3 is 0 Å². The number of thioether (sulfide) groups is 1. The Morgan fingerprint density at radius 1 is 1.41 bits per heavy atom. The predicted octanol–water partition coefficient (Wildman–Crippen LogP) is 1.74. The molecule has 0 saturated heterocycles. The number of aryl methyl sites for hydroxylation is 1. The van der Waals surface area contributed by atoms with Crippen LogP contribution in [0.1, 0.15) is 29.9 Å². The topological polar surface area (TPSA) is 98.1 Å². The highest BCUT2D eigenvalue weighted by Gasteiger charge is 2.21. The fraction of sp³-hybridized carbons (Fsp3) is 0.538. The number of hydrogen-bond acceptors (Lipinski definition) is 8. The molecule has 0 unspecified atom stereocenters. The van der Waals surface area contributed by atoms with Crippen LogP contribution in [-0.2, 0) is 24.2 Å². The van der Waals surface area contributed by atoms with Gasteiger partial charge in [0.1, 0.15) is 11.5 Å². The molecule has 0 atom stereocenters. The third-order valence-electron chi connectivity index (χ3n) is 3.59. The molecule has 0 aliphatic heterocycles. The van der Waals surface area contributed by atoms with E-state index in [1.807, 2.05) is 0 Å². The molecule has 0 aromatic carbocycles. The van der Waals surface area contributed by atoms with Crippen LogP contribution in [0.2, 0.25) is 0 Å². The van der Waals surface area contributed by atoms with Crippen LogP contribution >= 0.6 is 23.1 Å². The fourth-order valence-electron chi connectivity index (χ4n) is 2.40. The Morgan fingerprint density at radius 3 is 3.00 bits per heavy atom. The van der Waals surface area contributed by atoms with Gasteiger partial charge in [-0.15, -0.1) is 10.2 Å². The number of carbonyl (C=O) groups is 1. The number of nitrogens with zero attached hydrogens (tertiary/aromatic N) is 4. The van der Waals surface area contributed by atoms with Crippen LogP contribution in [0.25, 0.3) is 0 Å². The number of carbonyl (C=O) groups excluding carboxylic acids is 1. The summed E-state index contributed by atoms with van der Waals surface area (Å²) in [5.41, 5.74) is 7.59. The molecule has 0 radical (unpaired) electrons.